The molecule has 3 rings (SSSR count). The molecule has 1 fully saturated rings. The van der Waals surface area contributed by atoms with Crippen LogP contribution in [0.1, 0.15) is 15.9 Å². The van der Waals surface area contributed by atoms with Crippen LogP contribution in [0.3, 0.4) is 0 Å². The fraction of sp³-hybridized carbons (Fsp3) is 0.476. The molecule has 2 N–H and O–H groups in total. The van der Waals surface area contributed by atoms with Gasteiger partial charge in [-0.05, 0) is 17.7 Å². The van der Waals surface area contributed by atoms with Gasteiger partial charge in [0.1, 0.15) is 11.3 Å². The van der Waals surface area contributed by atoms with Crippen molar-refractivity contribution in [3.05, 3.63) is 41.6 Å². The highest BCUT2D eigenvalue weighted by atomic mass is 16.5. The molecule has 3 amide bonds. The van der Waals surface area contributed by atoms with Crippen LogP contribution in [0.2, 0.25) is 0 Å². The van der Waals surface area contributed by atoms with Crippen molar-refractivity contribution in [2.24, 2.45) is 7.05 Å². The van der Waals surface area contributed by atoms with Crippen LogP contribution in [-0.4, -0.2) is 85.0 Å². The third-order valence-electron chi connectivity index (χ3n) is 5.20. The highest BCUT2D eigenvalue weighted by Crippen LogP contribution is 2.18. The van der Waals surface area contributed by atoms with E-state index < -0.39 is 0 Å². The third-order valence-corrected chi connectivity index (χ3v) is 5.20. The Hall–Kier alpha value is -3.27. The summed E-state index contributed by atoms with van der Waals surface area (Å²) in [5, 5.41) is 9.86. The van der Waals surface area contributed by atoms with Crippen molar-refractivity contribution < 1.29 is 19.1 Å². The van der Waals surface area contributed by atoms with Crippen LogP contribution < -0.4 is 20.1 Å². The van der Waals surface area contributed by atoms with Crippen molar-refractivity contribution in [2.75, 3.05) is 53.5 Å². The Balaban J connectivity index is 1.34. The van der Waals surface area contributed by atoms with Gasteiger partial charge in [0.2, 0.25) is 5.88 Å². The Bertz CT molecular complexity index is 874. The number of hydrogen-bond donors (Lipinski definition) is 2. The maximum atomic E-state index is 12.7. The molecule has 1 aliphatic rings. The van der Waals surface area contributed by atoms with E-state index in [4.69, 9.17) is 9.47 Å². The minimum atomic E-state index is -0.201. The summed E-state index contributed by atoms with van der Waals surface area (Å²) < 4.78 is 11.9. The predicted octanol–water partition coefficient (Wildman–Crippen LogP) is 0.695. The Morgan fingerprint density at radius 2 is 1.74 bits per heavy atom. The smallest absolute Gasteiger partial charge is 0.315 e. The number of nitrogens with zero attached hydrogens (tertiary/aromatic N) is 4. The first-order chi connectivity index (χ1) is 15.0. The van der Waals surface area contributed by atoms with Gasteiger partial charge in [0.25, 0.3) is 5.91 Å². The monoisotopic (exact) mass is 430 g/mol. The summed E-state index contributed by atoms with van der Waals surface area (Å²) >= 11 is 0. The van der Waals surface area contributed by atoms with E-state index in [1.54, 1.807) is 25.0 Å². The number of carbonyl (C=O) groups is 2. The van der Waals surface area contributed by atoms with E-state index in [0.717, 1.165) is 30.9 Å². The molecule has 31 heavy (non-hydrogen) atoms. The van der Waals surface area contributed by atoms with Crippen molar-refractivity contribution in [1.82, 2.24) is 30.2 Å². The highest BCUT2D eigenvalue weighted by Gasteiger charge is 2.26. The summed E-state index contributed by atoms with van der Waals surface area (Å²) in [6, 6.07) is 7.36. The van der Waals surface area contributed by atoms with Gasteiger partial charge in [-0.25, -0.2) is 4.79 Å². The largest absolute Gasteiger partial charge is 0.497 e. The van der Waals surface area contributed by atoms with E-state index >= 15 is 0 Å². The van der Waals surface area contributed by atoms with E-state index in [1.807, 2.05) is 29.2 Å². The molecule has 0 atom stereocenters. The van der Waals surface area contributed by atoms with Crippen LogP contribution in [0.15, 0.2) is 30.5 Å². The van der Waals surface area contributed by atoms with Crippen molar-refractivity contribution in [2.45, 2.75) is 6.54 Å². The highest BCUT2D eigenvalue weighted by molar-refractivity contribution is 5.96. The number of amides is 3. The second kappa shape index (κ2) is 10.7. The Morgan fingerprint density at radius 1 is 1.03 bits per heavy atom. The molecule has 0 unspecified atom stereocenters. The van der Waals surface area contributed by atoms with E-state index in [-0.39, 0.29) is 11.9 Å². The molecule has 0 spiro atoms. The molecular weight excluding hydrogens is 400 g/mol. The molecule has 2 aromatic rings. The number of methoxy groups -OCH3 is 2. The summed E-state index contributed by atoms with van der Waals surface area (Å²) in [4.78, 5) is 28.8. The van der Waals surface area contributed by atoms with Crippen LogP contribution in [0, 0.1) is 0 Å². The average molecular weight is 431 g/mol. The summed E-state index contributed by atoms with van der Waals surface area (Å²) in [6.07, 6.45) is 1.68. The van der Waals surface area contributed by atoms with Crippen LogP contribution in [0.25, 0.3) is 0 Å². The number of nitrogens with one attached hydrogen (secondary N) is 2. The van der Waals surface area contributed by atoms with Gasteiger partial charge in [0, 0.05) is 59.1 Å². The van der Waals surface area contributed by atoms with Crippen LogP contribution >= 0.6 is 0 Å². The zero-order valence-electron chi connectivity index (χ0n) is 18.3. The molecule has 0 bridgehead atoms. The number of ether oxygens (including phenoxy) is 2. The third kappa shape index (κ3) is 6.11. The summed E-state index contributed by atoms with van der Waals surface area (Å²) in [7, 11) is 4.89. The number of urea groups is 1. The lowest BCUT2D eigenvalue weighted by Crippen LogP contribution is -2.50. The van der Waals surface area contributed by atoms with Gasteiger partial charge in [-0.2, -0.15) is 0 Å². The minimum absolute atomic E-state index is 0.0689. The zero-order chi connectivity index (χ0) is 22.2. The second-order valence-electron chi connectivity index (χ2n) is 7.32. The number of carbonyl (C=O) groups excluding carboxylic acids is 2. The van der Waals surface area contributed by atoms with Crippen LogP contribution in [-0.2, 0) is 13.6 Å². The van der Waals surface area contributed by atoms with Gasteiger partial charge in [-0.1, -0.05) is 12.1 Å². The van der Waals surface area contributed by atoms with Gasteiger partial charge in [-0.15, -0.1) is 5.10 Å². The predicted molar refractivity (Wildman–Crippen MR) is 115 cm³/mol. The molecule has 0 aliphatic carbocycles. The zero-order valence-corrected chi connectivity index (χ0v) is 18.3. The maximum Gasteiger partial charge on any atom is 0.315 e. The molecule has 10 heteroatoms. The van der Waals surface area contributed by atoms with Crippen molar-refractivity contribution >= 4 is 11.9 Å². The lowest BCUT2D eigenvalue weighted by molar-refractivity contribution is 0.0636. The quantitative estimate of drug-likeness (QED) is 0.639. The van der Waals surface area contributed by atoms with Crippen LogP contribution in [0.5, 0.6) is 11.6 Å². The van der Waals surface area contributed by atoms with E-state index in [1.165, 1.54) is 7.11 Å². The SMILES string of the molecule is COc1ccc(CNC(=O)NCCN2CCN(C(=O)c3cn(C)nc3OC)CC2)cc1. The second-order valence-corrected chi connectivity index (χ2v) is 7.32. The molecule has 1 aliphatic heterocycles. The average Bonchev–Trinajstić information content (AvgIpc) is 3.18. The number of aryl methyl sites for hydroxylation is 1. The molecule has 0 radical (unpaired) electrons. The van der Waals surface area contributed by atoms with Gasteiger partial charge < -0.3 is 25.0 Å². The van der Waals surface area contributed by atoms with E-state index in [9.17, 15) is 9.59 Å². The number of aromatic nitrogens is 2. The topological polar surface area (TPSA) is 101 Å². The Morgan fingerprint density at radius 3 is 2.39 bits per heavy atom. The first-order valence-electron chi connectivity index (χ1n) is 10.2. The molecule has 0 saturated carbocycles. The van der Waals surface area contributed by atoms with E-state index in [0.29, 0.717) is 37.6 Å². The first-order valence-corrected chi connectivity index (χ1v) is 10.2. The van der Waals surface area contributed by atoms with Crippen molar-refractivity contribution in [3.8, 4) is 11.6 Å². The number of piperazine rings is 1. The van der Waals surface area contributed by atoms with Gasteiger partial charge >= 0.3 is 6.03 Å². The summed E-state index contributed by atoms with van der Waals surface area (Å²) in [5.74, 6) is 1.06. The summed E-state index contributed by atoms with van der Waals surface area (Å²) in [5.41, 5.74) is 1.48. The van der Waals surface area contributed by atoms with Gasteiger partial charge in [-0.3, -0.25) is 14.4 Å². The molecular formula is C21H30N6O4. The Labute approximate surface area is 182 Å². The first kappa shape index (κ1) is 22.4. The van der Waals surface area contributed by atoms with E-state index in [2.05, 4.69) is 20.6 Å². The standard InChI is InChI=1S/C21H30N6O4/c1-25-15-18(19(24-25)31-3)20(28)27-12-10-26(11-13-27)9-8-22-21(29)23-14-16-4-6-17(30-2)7-5-16/h4-7,15H,8-14H2,1-3H3,(H2,22,23,29). The van der Waals surface area contributed by atoms with Gasteiger partial charge in [0.05, 0.1) is 14.2 Å². The normalized spacial score (nSPS) is 14.2. The summed E-state index contributed by atoms with van der Waals surface area (Å²) in [6.45, 7) is 4.48. The number of rotatable bonds is 8. The molecule has 1 aromatic carbocycles. The minimum Gasteiger partial charge on any atom is -0.497 e. The van der Waals surface area contributed by atoms with Crippen molar-refractivity contribution in [3.63, 3.8) is 0 Å². The van der Waals surface area contributed by atoms with Crippen molar-refractivity contribution in [1.29, 1.82) is 0 Å². The lowest BCUT2D eigenvalue weighted by Gasteiger charge is -2.34. The molecule has 1 saturated heterocycles. The fourth-order valence-electron chi connectivity index (χ4n) is 3.43. The number of benzene rings is 1. The Kier molecular flexibility index (Phi) is 7.71. The fourth-order valence-corrected chi connectivity index (χ4v) is 3.43. The molecule has 10 nitrogen and oxygen atoms in total. The number of hydrogen-bond acceptors (Lipinski definition) is 6. The molecule has 2 heterocycles. The maximum absolute atomic E-state index is 12.7. The van der Waals surface area contributed by atoms with Gasteiger partial charge in [0.15, 0.2) is 0 Å². The molecule has 1 aromatic heterocycles. The molecule has 168 valence electrons. The van der Waals surface area contributed by atoms with Crippen LogP contribution in [0.4, 0.5) is 4.79 Å². The lowest BCUT2D eigenvalue weighted by atomic mass is 10.2.